The van der Waals surface area contributed by atoms with Crippen LogP contribution in [0.3, 0.4) is 0 Å². The summed E-state index contributed by atoms with van der Waals surface area (Å²) >= 11 is 1.49. The van der Waals surface area contributed by atoms with Gasteiger partial charge in [0.1, 0.15) is 17.3 Å². The summed E-state index contributed by atoms with van der Waals surface area (Å²) < 4.78 is 22.5. The Hall–Kier alpha value is -2.96. The minimum absolute atomic E-state index is 0.0636. The number of aryl methyl sites for hydroxylation is 3. The van der Waals surface area contributed by atoms with E-state index in [0.29, 0.717) is 28.0 Å². The maximum absolute atomic E-state index is 13.8. The molecule has 2 heterocycles. The first-order chi connectivity index (χ1) is 14.6. The number of benzene rings is 2. The first-order valence-corrected chi connectivity index (χ1v) is 10.8. The van der Waals surface area contributed by atoms with Crippen molar-refractivity contribution in [2.24, 2.45) is 7.05 Å². The van der Waals surface area contributed by atoms with E-state index in [1.54, 1.807) is 45.5 Å². The van der Waals surface area contributed by atoms with Gasteiger partial charge in [-0.2, -0.15) is 0 Å². The SMILES string of the molecule is Cc1cc(F)cc(C)c1Oc1ccc(C(C)(C)O)cc1-c1cn(C)c(=O)c2ccsc12. The van der Waals surface area contributed by atoms with Gasteiger partial charge in [-0.25, -0.2) is 4.39 Å². The first-order valence-electron chi connectivity index (χ1n) is 9.95. The Morgan fingerprint density at radius 2 is 1.74 bits per heavy atom. The zero-order valence-corrected chi connectivity index (χ0v) is 18.9. The van der Waals surface area contributed by atoms with E-state index in [1.165, 1.54) is 23.5 Å². The number of ether oxygens (including phenoxy) is 1. The van der Waals surface area contributed by atoms with Gasteiger partial charge in [-0.1, -0.05) is 6.07 Å². The molecular weight excluding hydrogens is 413 g/mol. The van der Waals surface area contributed by atoms with Crippen molar-refractivity contribution in [3.8, 4) is 22.6 Å². The molecule has 4 rings (SSSR count). The smallest absolute Gasteiger partial charge is 0.259 e. The van der Waals surface area contributed by atoms with Crippen LogP contribution in [0, 0.1) is 19.7 Å². The fourth-order valence-electron chi connectivity index (χ4n) is 3.76. The summed E-state index contributed by atoms with van der Waals surface area (Å²) in [5.41, 5.74) is 2.58. The number of fused-ring (bicyclic) bond motifs is 1. The van der Waals surface area contributed by atoms with Crippen LogP contribution in [0.15, 0.2) is 52.8 Å². The van der Waals surface area contributed by atoms with Crippen molar-refractivity contribution in [1.82, 2.24) is 4.57 Å². The molecule has 0 saturated heterocycles. The number of rotatable bonds is 4. The Morgan fingerprint density at radius 1 is 1.06 bits per heavy atom. The summed E-state index contributed by atoms with van der Waals surface area (Å²) in [5.74, 6) is 0.850. The fraction of sp³-hybridized carbons (Fsp3) is 0.240. The summed E-state index contributed by atoms with van der Waals surface area (Å²) in [7, 11) is 1.72. The fourth-order valence-corrected chi connectivity index (χ4v) is 4.67. The van der Waals surface area contributed by atoms with E-state index in [1.807, 2.05) is 29.6 Å². The lowest BCUT2D eigenvalue weighted by atomic mass is 9.93. The number of hydrogen-bond donors (Lipinski definition) is 1. The Morgan fingerprint density at radius 3 is 2.39 bits per heavy atom. The zero-order valence-electron chi connectivity index (χ0n) is 18.1. The minimum atomic E-state index is -1.05. The number of hydrogen-bond acceptors (Lipinski definition) is 4. The summed E-state index contributed by atoms with van der Waals surface area (Å²) in [6.45, 7) is 7.06. The van der Waals surface area contributed by atoms with Gasteiger partial charge in [-0.15, -0.1) is 11.3 Å². The van der Waals surface area contributed by atoms with Crippen molar-refractivity contribution in [1.29, 1.82) is 0 Å². The molecule has 6 heteroatoms. The van der Waals surface area contributed by atoms with Crippen LogP contribution < -0.4 is 10.3 Å². The summed E-state index contributed by atoms with van der Waals surface area (Å²) in [6.07, 6.45) is 1.79. The van der Waals surface area contributed by atoms with Gasteiger partial charge >= 0.3 is 0 Å². The molecule has 160 valence electrons. The summed E-state index contributed by atoms with van der Waals surface area (Å²) in [5, 5.41) is 13.1. The summed E-state index contributed by atoms with van der Waals surface area (Å²) in [6, 6.07) is 10.2. The van der Waals surface area contributed by atoms with Gasteiger partial charge in [-0.05, 0) is 80.1 Å². The van der Waals surface area contributed by atoms with Crippen LogP contribution in [-0.2, 0) is 12.6 Å². The molecule has 0 radical (unpaired) electrons. The molecule has 2 aromatic heterocycles. The Bertz CT molecular complexity index is 1340. The third-order valence-electron chi connectivity index (χ3n) is 5.40. The van der Waals surface area contributed by atoms with Crippen molar-refractivity contribution < 1.29 is 14.2 Å². The monoisotopic (exact) mass is 437 g/mol. The average Bonchev–Trinajstić information content (AvgIpc) is 3.17. The van der Waals surface area contributed by atoms with Crippen LogP contribution >= 0.6 is 11.3 Å². The third-order valence-corrected chi connectivity index (χ3v) is 6.34. The van der Waals surface area contributed by atoms with E-state index in [4.69, 9.17) is 4.74 Å². The first kappa shape index (κ1) is 21.3. The molecule has 1 N–H and O–H groups in total. The maximum atomic E-state index is 13.8. The minimum Gasteiger partial charge on any atom is -0.456 e. The van der Waals surface area contributed by atoms with E-state index in [-0.39, 0.29) is 11.4 Å². The topological polar surface area (TPSA) is 51.5 Å². The summed E-state index contributed by atoms with van der Waals surface area (Å²) in [4.78, 5) is 12.6. The number of aliphatic hydroxyl groups is 1. The number of thiophene rings is 1. The van der Waals surface area contributed by atoms with Crippen LogP contribution in [0.25, 0.3) is 21.2 Å². The van der Waals surface area contributed by atoms with Crippen molar-refractivity contribution in [3.63, 3.8) is 0 Å². The van der Waals surface area contributed by atoms with Gasteiger partial charge in [0.25, 0.3) is 5.56 Å². The van der Waals surface area contributed by atoms with Crippen LogP contribution in [-0.4, -0.2) is 9.67 Å². The number of nitrogens with zero attached hydrogens (tertiary/aromatic N) is 1. The number of halogens is 1. The van der Waals surface area contributed by atoms with Crippen LogP contribution in [0.2, 0.25) is 0 Å². The normalized spacial score (nSPS) is 11.8. The van der Waals surface area contributed by atoms with Gasteiger partial charge in [0.05, 0.1) is 11.0 Å². The van der Waals surface area contributed by atoms with Crippen molar-refractivity contribution in [2.45, 2.75) is 33.3 Å². The molecule has 31 heavy (non-hydrogen) atoms. The largest absolute Gasteiger partial charge is 0.456 e. The van der Waals surface area contributed by atoms with Gasteiger partial charge < -0.3 is 14.4 Å². The highest BCUT2D eigenvalue weighted by Crippen LogP contribution is 2.41. The molecule has 0 fully saturated rings. The molecule has 0 saturated carbocycles. The predicted molar refractivity (Wildman–Crippen MR) is 124 cm³/mol. The highest BCUT2D eigenvalue weighted by molar-refractivity contribution is 7.17. The molecule has 4 aromatic rings. The molecule has 0 aliphatic rings. The van der Waals surface area contributed by atoms with Crippen LogP contribution in [0.1, 0.15) is 30.5 Å². The molecule has 0 bridgehead atoms. The number of aromatic nitrogens is 1. The average molecular weight is 438 g/mol. The van der Waals surface area contributed by atoms with Gasteiger partial charge in [0.2, 0.25) is 0 Å². The zero-order chi connectivity index (χ0) is 22.5. The van der Waals surface area contributed by atoms with E-state index >= 15 is 0 Å². The van der Waals surface area contributed by atoms with Crippen molar-refractivity contribution in [2.75, 3.05) is 0 Å². The second kappa shape index (κ2) is 7.62. The Balaban J connectivity index is 1.98. The van der Waals surface area contributed by atoms with E-state index < -0.39 is 5.60 Å². The van der Waals surface area contributed by atoms with Gasteiger partial charge in [-0.3, -0.25) is 4.79 Å². The lowest BCUT2D eigenvalue weighted by molar-refractivity contribution is 0.0786. The molecule has 0 unspecified atom stereocenters. The van der Waals surface area contributed by atoms with Gasteiger partial charge in [0, 0.05) is 29.1 Å². The van der Waals surface area contributed by atoms with Crippen molar-refractivity contribution in [3.05, 3.63) is 80.8 Å². The van der Waals surface area contributed by atoms with Crippen LogP contribution in [0.4, 0.5) is 4.39 Å². The van der Waals surface area contributed by atoms with E-state index in [0.717, 1.165) is 21.4 Å². The second-order valence-corrected chi connectivity index (χ2v) is 9.28. The molecule has 0 aliphatic heterocycles. The number of pyridine rings is 1. The van der Waals surface area contributed by atoms with Crippen molar-refractivity contribution >= 4 is 21.4 Å². The predicted octanol–water partition coefficient (Wildman–Crippen LogP) is 6.04. The lowest BCUT2D eigenvalue weighted by Crippen LogP contribution is -2.17. The molecular formula is C25H24FNO3S. The maximum Gasteiger partial charge on any atom is 0.259 e. The third kappa shape index (κ3) is 3.89. The highest BCUT2D eigenvalue weighted by atomic mass is 32.1. The highest BCUT2D eigenvalue weighted by Gasteiger charge is 2.22. The van der Waals surface area contributed by atoms with E-state index in [2.05, 4.69) is 0 Å². The quantitative estimate of drug-likeness (QED) is 0.423. The van der Waals surface area contributed by atoms with Gasteiger partial charge in [0.15, 0.2) is 0 Å². The molecule has 2 aromatic carbocycles. The van der Waals surface area contributed by atoms with Crippen LogP contribution in [0.5, 0.6) is 11.5 Å². The Kier molecular flexibility index (Phi) is 5.23. The molecule has 0 atom stereocenters. The Labute approximate surface area is 184 Å². The standard InChI is InChI=1S/C25H24FNO3S/c1-14-10-17(26)11-15(2)22(14)30-21-7-6-16(25(3,4)29)12-19(21)20-13-27(5)24(28)18-8-9-31-23(18)20/h6-13,29H,1-5H3. The molecule has 4 nitrogen and oxygen atoms in total. The molecule has 0 aliphatic carbocycles. The molecule has 0 spiro atoms. The molecule has 0 amide bonds. The van der Waals surface area contributed by atoms with E-state index in [9.17, 15) is 14.3 Å². The lowest BCUT2D eigenvalue weighted by Gasteiger charge is -2.22. The second-order valence-electron chi connectivity index (χ2n) is 8.36.